The van der Waals surface area contributed by atoms with Gasteiger partial charge in [0.1, 0.15) is 46.0 Å². The number of hydrogen-bond donors (Lipinski definition) is 0. The minimum absolute atomic E-state index is 0.757. The summed E-state index contributed by atoms with van der Waals surface area (Å²) in [5.74, 6) is 6.06. The van der Waals surface area contributed by atoms with Crippen LogP contribution in [0.5, 0.6) is 46.0 Å². The van der Waals surface area contributed by atoms with Crippen LogP contribution >= 0.6 is 0 Å². The molecule has 16 rings (SSSR count). The maximum atomic E-state index is 5.85. The van der Waals surface area contributed by atoms with Crippen molar-refractivity contribution in [2.75, 3.05) is 76.5 Å². The predicted molar refractivity (Wildman–Crippen MR) is 423 cm³/mol. The van der Waals surface area contributed by atoms with E-state index in [4.69, 9.17) is 37.9 Å². The van der Waals surface area contributed by atoms with E-state index in [0.717, 1.165) is 180 Å². The summed E-state index contributed by atoms with van der Waals surface area (Å²) in [5.41, 5.74) is 18.7. The average Bonchev–Trinajstić information content (AvgIpc) is 1.49. The highest BCUT2D eigenvalue weighted by Crippen LogP contribution is 2.69. The number of hydrogen-bond acceptors (Lipinski definition) is 12. The topological polar surface area (TPSA) is 86.8 Å². The van der Waals surface area contributed by atoms with Crippen molar-refractivity contribution in [3.63, 3.8) is 0 Å². The maximum absolute atomic E-state index is 5.85. The second-order valence-electron chi connectivity index (χ2n) is 26.4. The van der Waals surface area contributed by atoms with Crippen LogP contribution in [0.1, 0.15) is 36.1 Å². The molecular formula is C92H78N4O8. The SMILES string of the molecule is COc1ccc(N(c2ccc(OC)cc2)c2ccc3c(c2)C(C)(C2(C)c4cc(N(c5ccc(OC)cc5)c5ccc(OC)cc5)ccc4-c4c2cc(N(c2ccc(OC)cc2)c2ccc(OC)cc2)c2ccccc42)c2cc(N(c4ccc(OC)cc4)c4ccc(OC)cc4)c4ccccc4c2-3)cc1. The Labute approximate surface area is 607 Å². The maximum Gasteiger partial charge on any atom is 0.119 e. The molecule has 0 saturated heterocycles. The van der Waals surface area contributed by atoms with Crippen molar-refractivity contribution in [3.8, 4) is 68.2 Å². The Bertz CT molecular complexity index is 4970. The molecule has 0 N–H and O–H groups in total. The third kappa shape index (κ3) is 10.9. The predicted octanol–water partition coefficient (Wildman–Crippen LogP) is 23.2. The Kier molecular flexibility index (Phi) is 17.0. The van der Waals surface area contributed by atoms with E-state index < -0.39 is 10.8 Å². The van der Waals surface area contributed by atoms with E-state index in [1.165, 1.54) is 0 Å². The number of methoxy groups -OCH3 is 8. The molecule has 2 atom stereocenters. The van der Waals surface area contributed by atoms with Crippen molar-refractivity contribution in [2.24, 2.45) is 0 Å². The van der Waals surface area contributed by atoms with E-state index >= 15 is 0 Å². The Morgan fingerprint density at radius 3 is 0.625 bits per heavy atom. The fourth-order valence-electron chi connectivity index (χ4n) is 16.0. The molecule has 0 fully saturated rings. The number of rotatable bonds is 21. The molecular weight excluding hydrogens is 1290 g/mol. The van der Waals surface area contributed by atoms with Gasteiger partial charge in [0.2, 0.25) is 0 Å². The van der Waals surface area contributed by atoms with Gasteiger partial charge in [-0.25, -0.2) is 0 Å². The highest BCUT2D eigenvalue weighted by molar-refractivity contribution is 6.14. The van der Waals surface area contributed by atoms with E-state index in [1.54, 1.807) is 56.9 Å². The number of benzene rings is 14. The second-order valence-corrected chi connectivity index (χ2v) is 26.4. The molecule has 2 aliphatic rings. The summed E-state index contributed by atoms with van der Waals surface area (Å²) in [6.45, 7) is 5.04. The van der Waals surface area contributed by atoms with Crippen LogP contribution in [0.4, 0.5) is 68.2 Å². The molecule has 514 valence electrons. The summed E-state index contributed by atoms with van der Waals surface area (Å²) in [6.07, 6.45) is 0. The van der Waals surface area contributed by atoms with Gasteiger partial charge in [0.05, 0.1) is 68.3 Å². The van der Waals surface area contributed by atoms with E-state index in [1.807, 2.05) is 97.1 Å². The largest absolute Gasteiger partial charge is 0.497 e. The van der Waals surface area contributed by atoms with E-state index in [2.05, 4.69) is 228 Å². The van der Waals surface area contributed by atoms with Crippen LogP contribution in [0.15, 0.2) is 291 Å². The molecule has 12 nitrogen and oxygen atoms in total. The van der Waals surface area contributed by atoms with Gasteiger partial charge in [0.25, 0.3) is 0 Å². The minimum Gasteiger partial charge on any atom is -0.497 e. The van der Waals surface area contributed by atoms with Gasteiger partial charge in [-0.3, -0.25) is 0 Å². The lowest BCUT2D eigenvalue weighted by Crippen LogP contribution is -2.44. The zero-order valence-electron chi connectivity index (χ0n) is 59.8. The van der Waals surface area contributed by atoms with Gasteiger partial charge in [-0.05, 0) is 286 Å². The Balaban J connectivity index is 1.06. The molecule has 0 bridgehead atoms. The molecule has 14 aromatic rings. The summed E-state index contributed by atoms with van der Waals surface area (Å²) in [4.78, 5) is 9.45. The van der Waals surface area contributed by atoms with Crippen LogP contribution in [0.3, 0.4) is 0 Å². The number of anilines is 12. The molecule has 14 aromatic carbocycles. The zero-order valence-corrected chi connectivity index (χ0v) is 59.8. The average molecular weight is 1370 g/mol. The quantitative estimate of drug-likeness (QED) is 0.0687. The van der Waals surface area contributed by atoms with Gasteiger partial charge >= 0.3 is 0 Å². The first-order valence-electron chi connectivity index (χ1n) is 34.7. The van der Waals surface area contributed by atoms with Crippen LogP contribution < -0.4 is 57.5 Å². The lowest BCUT2D eigenvalue weighted by Gasteiger charge is -2.46. The van der Waals surface area contributed by atoms with Gasteiger partial charge < -0.3 is 57.5 Å². The molecule has 104 heavy (non-hydrogen) atoms. The van der Waals surface area contributed by atoms with Gasteiger partial charge in [-0.2, -0.15) is 0 Å². The summed E-state index contributed by atoms with van der Waals surface area (Å²) < 4.78 is 46.6. The number of ether oxygens (including phenoxy) is 8. The van der Waals surface area contributed by atoms with Crippen molar-refractivity contribution in [3.05, 3.63) is 313 Å². The number of fused-ring (bicyclic) bond motifs is 10. The lowest BCUT2D eigenvalue weighted by atomic mass is 9.56. The van der Waals surface area contributed by atoms with Gasteiger partial charge in [-0.1, -0.05) is 74.5 Å². The first kappa shape index (κ1) is 65.8. The van der Waals surface area contributed by atoms with Crippen molar-refractivity contribution in [1.82, 2.24) is 0 Å². The van der Waals surface area contributed by atoms with Crippen molar-refractivity contribution in [1.29, 1.82) is 0 Å². The fourth-order valence-corrected chi connectivity index (χ4v) is 16.0. The minimum atomic E-state index is -0.974. The van der Waals surface area contributed by atoms with E-state index in [-0.39, 0.29) is 0 Å². The highest BCUT2D eigenvalue weighted by atomic mass is 16.5. The van der Waals surface area contributed by atoms with Gasteiger partial charge in [0, 0.05) is 78.5 Å². The van der Waals surface area contributed by atoms with Crippen LogP contribution in [-0.2, 0) is 10.8 Å². The first-order chi connectivity index (χ1) is 50.9. The smallest absolute Gasteiger partial charge is 0.119 e. The Hall–Kier alpha value is -12.8. The summed E-state index contributed by atoms with van der Waals surface area (Å²) in [7, 11) is 13.7. The number of nitrogens with zero attached hydrogens (tertiary/aromatic N) is 4. The van der Waals surface area contributed by atoms with Crippen LogP contribution in [0.2, 0.25) is 0 Å². The lowest BCUT2D eigenvalue weighted by molar-refractivity contribution is 0.376. The Morgan fingerprint density at radius 1 is 0.202 bits per heavy atom. The van der Waals surface area contributed by atoms with Gasteiger partial charge in [0.15, 0.2) is 0 Å². The summed E-state index contributed by atoms with van der Waals surface area (Å²) in [6, 6.07) is 104. The van der Waals surface area contributed by atoms with Gasteiger partial charge in [-0.15, -0.1) is 0 Å². The monoisotopic (exact) mass is 1370 g/mol. The second kappa shape index (κ2) is 26.9. The molecule has 2 aliphatic carbocycles. The molecule has 0 amide bonds. The molecule has 0 heterocycles. The third-order valence-electron chi connectivity index (χ3n) is 21.4. The van der Waals surface area contributed by atoms with E-state index in [0.29, 0.717) is 0 Å². The normalized spacial score (nSPS) is 14.5. The summed E-state index contributed by atoms with van der Waals surface area (Å²) in [5, 5.41) is 4.37. The van der Waals surface area contributed by atoms with Crippen LogP contribution in [0, 0.1) is 0 Å². The molecule has 0 aliphatic heterocycles. The molecule has 12 heteroatoms. The summed E-state index contributed by atoms with van der Waals surface area (Å²) >= 11 is 0. The van der Waals surface area contributed by atoms with Crippen LogP contribution in [0.25, 0.3) is 43.8 Å². The first-order valence-corrected chi connectivity index (χ1v) is 34.7. The highest BCUT2D eigenvalue weighted by Gasteiger charge is 2.59. The molecule has 0 radical (unpaired) electrons. The molecule has 0 aromatic heterocycles. The third-order valence-corrected chi connectivity index (χ3v) is 21.4. The molecule has 0 saturated carbocycles. The fraction of sp³-hybridized carbons (Fsp3) is 0.130. The zero-order chi connectivity index (χ0) is 71.4. The molecule has 0 spiro atoms. The van der Waals surface area contributed by atoms with Crippen LogP contribution in [-0.4, -0.2) is 56.9 Å². The van der Waals surface area contributed by atoms with Crippen molar-refractivity contribution >= 4 is 89.8 Å². The Morgan fingerprint density at radius 2 is 0.404 bits per heavy atom. The standard InChI is InChI=1S/C92H78N4O8/c1-91(83-55-67(93(59-19-37-69(97-3)38-20-59)60-21-39-70(98-4)40-22-60)35-53-81(83)89-79-17-13-11-15-77(79)87(57-85(89)91)95(63-27-45-73(101-7)46-28-63)64-29-47-74(102-8)48-30-64)92(2)84-56-68(94(61-23-41-71(99-5)42-24-61)62-25-43-72(100-6)44-26-62)36-54-82(84)90-80-18-14-12-16-78(80)88(58-86(90)92)96(65-31-49-75(103-9)50-32-65)66-33-51-76(104-10)52-34-66/h11-58H,1-10H3. The molecule has 2 unspecified atom stereocenters. The van der Waals surface area contributed by atoms with Crippen molar-refractivity contribution < 1.29 is 37.9 Å². The van der Waals surface area contributed by atoms with Crippen molar-refractivity contribution in [2.45, 2.75) is 24.7 Å². The van der Waals surface area contributed by atoms with E-state index in [9.17, 15) is 0 Å².